The van der Waals surface area contributed by atoms with E-state index in [1.165, 1.54) is 6.07 Å². The lowest BCUT2D eigenvalue weighted by Crippen LogP contribution is -2.45. The van der Waals surface area contributed by atoms with Gasteiger partial charge in [0.25, 0.3) is 5.69 Å². The molecule has 2 rings (SSSR count). The largest absolute Gasteiger partial charge is 0.372 e. The van der Waals surface area contributed by atoms with Crippen molar-refractivity contribution in [3.05, 3.63) is 32.8 Å². The van der Waals surface area contributed by atoms with Gasteiger partial charge in [0.05, 0.1) is 22.8 Å². The van der Waals surface area contributed by atoms with E-state index in [9.17, 15) is 10.1 Å². The van der Waals surface area contributed by atoms with Gasteiger partial charge in [-0.15, -0.1) is 0 Å². The highest BCUT2D eigenvalue weighted by atomic mass is 79.9. The molecule has 0 amide bonds. The Kier molecular flexibility index (Phi) is 3.87. The molecule has 0 radical (unpaired) electrons. The number of hydrogen-bond donors (Lipinski definition) is 0. The van der Waals surface area contributed by atoms with E-state index < -0.39 is 0 Å². The summed E-state index contributed by atoms with van der Waals surface area (Å²) < 4.78 is 6.42. The first kappa shape index (κ1) is 13.3. The van der Waals surface area contributed by atoms with E-state index in [0.717, 1.165) is 23.2 Å². The fraction of sp³-hybridized carbons (Fsp3) is 0.500. The standard InChI is InChI=1S/C12H15BrN2O3/c1-8-6-14(7-9(2)18-8)12-4-3-10(15(16)17)5-11(12)13/h3-5,8-9H,6-7H2,1-2H3/t8-,9-/m1/s1. The highest BCUT2D eigenvalue weighted by Crippen LogP contribution is 2.31. The first-order chi connectivity index (χ1) is 8.47. The monoisotopic (exact) mass is 314 g/mol. The second kappa shape index (κ2) is 5.24. The molecule has 0 bridgehead atoms. The number of benzene rings is 1. The van der Waals surface area contributed by atoms with Crippen LogP contribution in [0.5, 0.6) is 0 Å². The van der Waals surface area contributed by atoms with Crippen molar-refractivity contribution in [1.29, 1.82) is 0 Å². The zero-order chi connectivity index (χ0) is 13.3. The van der Waals surface area contributed by atoms with Crippen LogP contribution in [0.1, 0.15) is 13.8 Å². The lowest BCUT2D eigenvalue weighted by molar-refractivity contribution is -0.384. The van der Waals surface area contributed by atoms with Gasteiger partial charge < -0.3 is 9.64 Å². The van der Waals surface area contributed by atoms with Crippen LogP contribution < -0.4 is 4.90 Å². The summed E-state index contributed by atoms with van der Waals surface area (Å²) in [6.45, 7) is 5.64. The van der Waals surface area contributed by atoms with Crippen LogP contribution in [0.4, 0.5) is 11.4 Å². The van der Waals surface area contributed by atoms with E-state index in [1.54, 1.807) is 12.1 Å². The molecule has 0 spiro atoms. The molecule has 1 saturated heterocycles. The second-order valence-corrected chi connectivity index (χ2v) is 5.41. The minimum atomic E-state index is -0.390. The maximum atomic E-state index is 10.7. The lowest BCUT2D eigenvalue weighted by atomic mass is 10.2. The van der Waals surface area contributed by atoms with Crippen molar-refractivity contribution in [2.45, 2.75) is 26.1 Å². The van der Waals surface area contributed by atoms with Crippen molar-refractivity contribution in [2.75, 3.05) is 18.0 Å². The third-order valence-corrected chi connectivity index (χ3v) is 3.54. The average molecular weight is 315 g/mol. The van der Waals surface area contributed by atoms with Crippen molar-refractivity contribution in [3.8, 4) is 0 Å². The number of rotatable bonds is 2. The molecule has 0 unspecified atom stereocenters. The number of morpholine rings is 1. The first-order valence-corrected chi connectivity index (χ1v) is 6.61. The van der Waals surface area contributed by atoms with Gasteiger partial charge in [-0.05, 0) is 35.8 Å². The summed E-state index contributed by atoms with van der Waals surface area (Å²) in [5.74, 6) is 0. The molecule has 1 heterocycles. The molecule has 98 valence electrons. The topological polar surface area (TPSA) is 55.6 Å². The van der Waals surface area contributed by atoms with Crippen LogP contribution in [0.2, 0.25) is 0 Å². The molecular formula is C12H15BrN2O3. The van der Waals surface area contributed by atoms with Crippen LogP contribution in [-0.4, -0.2) is 30.2 Å². The van der Waals surface area contributed by atoms with Gasteiger partial charge in [-0.2, -0.15) is 0 Å². The van der Waals surface area contributed by atoms with E-state index in [1.807, 2.05) is 13.8 Å². The number of nitro groups is 1. The normalized spacial score (nSPS) is 24.1. The molecule has 1 aromatic rings. The number of nitro benzene ring substituents is 1. The predicted octanol–water partition coefficient (Wildman–Crippen LogP) is 2.97. The number of hydrogen-bond acceptors (Lipinski definition) is 4. The molecule has 1 aliphatic heterocycles. The molecule has 0 aliphatic carbocycles. The Balaban J connectivity index is 2.25. The third-order valence-electron chi connectivity index (χ3n) is 2.90. The number of ether oxygens (including phenoxy) is 1. The Morgan fingerprint density at radius 2 is 2.00 bits per heavy atom. The van der Waals surface area contributed by atoms with Gasteiger partial charge in [0.2, 0.25) is 0 Å². The van der Waals surface area contributed by atoms with Crippen molar-refractivity contribution >= 4 is 27.3 Å². The molecule has 1 fully saturated rings. The number of halogens is 1. The molecule has 1 aromatic carbocycles. The molecule has 1 aliphatic rings. The van der Waals surface area contributed by atoms with Crippen LogP contribution in [0.3, 0.4) is 0 Å². The van der Waals surface area contributed by atoms with Crippen molar-refractivity contribution < 1.29 is 9.66 Å². The molecule has 5 nitrogen and oxygen atoms in total. The summed E-state index contributed by atoms with van der Waals surface area (Å²) in [5, 5.41) is 10.7. The number of non-ortho nitro benzene ring substituents is 1. The number of anilines is 1. The van der Waals surface area contributed by atoms with Crippen LogP contribution in [0.25, 0.3) is 0 Å². The van der Waals surface area contributed by atoms with Gasteiger partial charge in [0, 0.05) is 29.7 Å². The quantitative estimate of drug-likeness (QED) is 0.622. The SMILES string of the molecule is C[C@@H]1CN(c2ccc([N+](=O)[O-])cc2Br)C[C@@H](C)O1. The molecular weight excluding hydrogens is 300 g/mol. The van der Waals surface area contributed by atoms with Gasteiger partial charge in [-0.3, -0.25) is 10.1 Å². The maximum Gasteiger partial charge on any atom is 0.270 e. The summed E-state index contributed by atoms with van der Waals surface area (Å²) in [5.41, 5.74) is 1.07. The van der Waals surface area contributed by atoms with Gasteiger partial charge in [-0.25, -0.2) is 0 Å². The van der Waals surface area contributed by atoms with E-state index in [0.29, 0.717) is 0 Å². The molecule has 0 aromatic heterocycles. The smallest absolute Gasteiger partial charge is 0.270 e. The molecule has 0 saturated carbocycles. The Hall–Kier alpha value is -1.14. The Labute approximate surface area is 114 Å². The highest BCUT2D eigenvalue weighted by molar-refractivity contribution is 9.10. The lowest BCUT2D eigenvalue weighted by Gasteiger charge is -2.37. The molecule has 18 heavy (non-hydrogen) atoms. The zero-order valence-electron chi connectivity index (χ0n) is 10.3. The van der Waals surface area contributed by atoms with Crippen LogP contribution in [0, 0.1) is 10.1 Å². The van der Waals surface area contributed by atoms with Gasteiger partial charge in [0.1, 0.15) is 0 Å². The maximum absolute atomic E-state index is 10.7. The Bertz CT molecular complexity index is 457. The average Bonchev–Trinajstić information content (AvgIpc) is 2.27. The van der Waals surface area contributed by atoms with E-state index in [-0.39, 0.29) is 22.8 Å². The third kappa shape index (κ3) is 2.81. The Morgan fingerprint density at radius 1 is 1.39 bits per heavy atom. The summed E-state index contributed by atoms with van der Waals surface area (Å²) in [6.07, 6.45) is 0.326. The Morgan fingerprint density at radius 3 is 2.50 bits per heavy atom. The minimum absolute atomic E-state index is 0.0972. The fourth-order valence-electron chi connectivity index (χ4n) is 2.24. The van der Waals surface area contributed by atoms with E-state index >= 15 is 0 Å². The minimum Gasteiger partial charge on any atom is -0.372 e. The van der Waals surface area contributed by atoms with Crippen molar-refractivity contribution in [2.24, 2.45) is 0 Å². The number of nitrogens with zero attached hydrogens (tertiary/aromatic N) is 2. The van der Waals surface area contributed by atoms with Gasteiger partial charge >= 0.3 is 0 Å². The zero-order valence-corrected chi connectivity index (χ0v) is 11.9. The van der Waals surface area contributed by atoms with Crippen molar-refractivity contribution in [1.82, 2.24) is 0 Å². The summed E-state index contributed by atoms with van der Waals surface area (Å²) >= 11 is 3.40. The van der Waals surface area contributed by atoms with E-state index in [2.05, 4.69) is 20.8 Å². The predicted molar refractivity (Wildman–Crippen MR) is 73.0 cm³/mol. The second-order valence-electron chi connectivity index (χ2n) is 4.56. The van der Waals surface area contributed by atoms with Gasteiger partial charge in [-0.1, -0.05) is 0 Å². The van der Waals surface area contributed by atoms with Crippen LogP contribution in [-0.2, 0) is 4.74 Å². The first-order valence-electron chi connectivity index (χ1n) is 5.81. The molecule has 0 N–H and O–H groups in total. The van der Waals surface area contributed by atoms with Crippen molar-refractivity contribution in [3.63, 3.8) is 0 Å². The van der Waals surface area contributed by atoms with Crippen LogP contribution >= 0.6 is 15.9 Å². The highest BCUT2D eigenvalue weighted by Gasteiger charge is 2.24. The summed E-state index contributed by atoms with van der Waals surface area (Å²) in [7, 11) is 0. The fourth-order valence-corrected chi connectivity index (χ4v) is 2.86. The molecule has 2 atom stereocenters. The summed E-state index contributed by atoms with van der Waals surface area (Å²) in [6, 6.07) is 4.86. The molecule has 6 heteroatoms. The van der Waals surface area contributed by atoms with E-state index in [4.69, 9.17) is 4.74 Å². The summed E-state index contributed by atoms with van der Waals surface area (Å²) in [4.78, 5) is 12.5. The van der Waals surface area contributed by atoms with Gasteiger partial charge in [0.15, 0.2) is 0 Å². The van der Waals surface area contributed by atoms with Crippen LogP contribution in [0.15, 0.2) is 22.7 Å².